The summed E-state index contributed by atoms with van der Waals surface area (Å²) in [5, 5.41) is 0. The molecule has 0 aliphatic carbocycles. The Morgan fingerprint density at radius 1 is 1.40 bits per heavy atom. The van der Waals surface area contributed by atoms with E-state index >= 15 is 0 Å². The number of nitrogens with zero attached hydrogens (tertiary/aromatic N) is 1. The van der Waals surface area contributed by atoms with E-state index in [-0.39, 0.29) is 0 Å². The lowest BCUT2D eigenvalue weighted by Gasteiger charge is -1.96. The Bertz CT molecular complexity index is 394. The number of para-hydroxylation sites is 1. The van der Waals surface area contributed by atoms with Gasteiger partial charge in [-0.2, -0.15) is 0 Å². The van der Waals surface area contributed by atoms with Gasteiger partial charge in [-0.3, -0.25) is 0 Å². The molecule has 1 aromatic heterocycles. The normalized spacial score (nSPS) is 11.0. The zero-order valence-electron chi connectivity index (χ0n) is 8.60. The van der Waals surface area contributed by atoms with Gasteiger partial charge in [0.25, 0.3) is 0 Å². The quantitative estimate of drug-likeness (QED) is 0.589. The van der Waals surface area contributed by atoms with Crippen molar-refractivity contribution in [3.05, 3.63) is 24.3 Å². The van der Waals surface area contributed by atoms with Gasteiger partial charge in [-0.25, -0.2) is 4.98 Å². The average molecular weight is 239 g/mol. The van der Waals surface area contributed by atoms with Crippen LogP contribution < -0.4 is 0 Å². The Morgan fingerprint density at radius 3 is 3.07 bits per heavy atom. The Hall–Kier alpha value is -0.580. The predicted octanol–water partition coefficient (Wildman–Crippen LogP) is 3.42. The first kappa shape index (κ1) is 10.9. The molecule has 0 spiro atoms. The molecular formula is C11H13NOS2. The van der Waals surface area contributed by atoms with Crippen molar-refractivity contribution in [2.24, 2.45) is 0 Å². The average Bonchev–Trinajstić information content (AvgIpc) is 2.67. The Balaban J connectivity index is 1.97. The molecule has 1 aromatic carbocycles. The second-order valence-electron chi connectivity index (χ2n) is 3.14. The molecule has 2 nitrogen and oxygen atoms in total. The molecule has 0 radical (unpaired) electrons. The second-order valence-corrected chi connectivity index (χ2v) is 5.52. The first-order valence-corrected chi connectivity index (χ1v) is 6.67. The van der Waals surface area contributed by atoms with Gasteiger partial charge in [0.2, 0.25) is 0 Å². The van der Waals surface area contributed by atoms with E-state index in [2.05, 4.69) is 23.2 Å². The van der Waals surface area contributed by atoms with Crippen LogP contribution in [0.1, 0.15) is 6.42 Å². The fraction of sp³-hybridized carbons (Fsp3) is 0.364. The van der Waals surface area contributed by atoms with E-state index in [0.29, 0.717) is 0 Å². The molecule has 0 N–H and O–H groups in total. The van der Waals surface area contributed by atoms with Crippen molar-refractivity contribution in [3.63, 3.8) is 0 Å². The van der Waals surface area contributed by atoms with Gasteiger partial charge in [0.05, 0.1) is 10.2 Å². The van der Waals surface area contributed by atoms with E-state index in [1.165, 1.54) is 4.70 Å². The third-order valence-electron chi connectivity index (χ3n) is 1.99. The van der Waals surface area contributed by atoms with E-state index < -0.39 is 0 Å². The summed E-state index contributed by atoms with van der Waals surface area (Å²) < 4.78 is 7.44. The summed E-state index contributed by atoms with van der Waals surface area (Å²) in [6, 6.07) is 8.26. The summed E-state index contributed by atoms with van der Waals surface area (Å²) in [6.45, 7) is 0.831. The van der Waals surface area contributed by atoms with Gasteiger partial charge in [-0.05, 0) is 18.6 Å². The van der Waals surface area contributed by atoms with Crippen LogP contribution in [-0.4, -0.2) is 24.5 Å². The van der Waals surface area contributed by atoms with Crippen LogP contribution in [0.25, 0.3) is 10.2 Å². The van der Waals surface area contributed by atoms with Gasteiger partial charge in [0, 0.05) is 19.5 Å². The smallest absolute Gasteiger partial charge is 0.151 e. The molecule has 0 saturated heterocycles. The molecule has 0 saturated carbocycles. The molecule has 4 heteroatoms. The van der Waals surface area contributed by atoms with Crippen molar-refractivity contribution >= 4 is 33.3 Å². The van der Waals surface area contributed by atoms with Gasteiger partial charge < -0.3 is 4.74 Å². The van der Waals surface area contributed by atoms with Gasteiger partial charge in [0.1, 0.15) is 0 Å². The summed E-state index contributed by atoms with van der Waals surface area (Å²) in [7, 11) is 1.74. The van der Waals surface area contributed by atoms with Crippen LogP contribution in [0.15, 0.2) is 28.6 Å². The molecule has 1 heterocycles. The van der Waals surface area contributed by atoms with Crippen molar-refractivity contribution < 1.29 is 4.74 Å². The number of thiazole rings is 1. The summed E-state index contributed by atoms with van der Waals surface area (Å²) in [4.78, 5) is 4.55. The number of ether oxygens (including phenoxy) is 1. The van der Waals surface area contributed by atoms with Crippen LogP contribution in [0, 0.1) is 0 Å². The third kappa shape index (κ3) is 2.93. The standard InChI is InChI=1S/C11H13NOS2/c1-13-7-4-8-14-11-12-9-5-2-3-6-10(9)15-11/h2-3,5-6H,4,7-8H2,1H3. The summed E-state index contributed by atoms with van der Waals surface area (Å²) in [6.07, 6.45) is 1.08. The van der Waals surface area contributed by atoms with Crippen molar-refractivity contribution in [2.45, 2.75) is 10.8 Å². The highest BCUT2D eigenvalue weighted by Gasteiger charge is 2.02. The van der Waals surface area contributed by atoms with E-state index in [9.17, 15) is 0 Å². The van der Waals surface area contributed by atoms with Crippen LogP contribution in [0.2, 0.25) is 0 Å². The SMILES string of the molecule is COCCCSc1nc2ccccc2s1. The molecule has 0 amide bonds. The number of fused-ring (bicyclic) bond motifs is 1. The molecule has 0 atom stereocenters. The van der Waals surface area contributed by atoms with Crippen LogP contribution in [0.4, 0.5) is 0 Å². The van der Waals surface area contributed by atoms with Gasteiger partial charge >= 0.3 is 0 Å². The second kappa shape index (κ2) is 5.49. The van der Waals surface area contributed by atoms with E-state index in [1.807, 2.05) is 17.8 Å². The van der Waals surface area contributed by atoms with E-state index in [4.69, 9.17) is 4.74 Å². The summed E-state index contributed by atoms with van der Waals surface area (Å²) in [5.74, 6) is 1.08. The highest BCUT2D eigenvalue weighted by atomic mass is 32.2. The van der Waals surface area contributed by atoms with Gasteiger partial charge in [-0.15, -0.1) is 11.3 Å². The number of methoxy groups -OCH3 is 1. The molecule has 0 aliphatic heterocycles. The largest absolute Gasteiger partial charge is 0.385 e. The van der Waals surface area contributed by atoms with Crippen molar-refractivity contribution in [3.8, 4) is 0 Å². The number of aromatic nitrogens is 1. The maximum atomic E-state index is 5.01. The summed E-state index contributed by atoms with van der Waals surface area (Å²) in [5.41, 5.74) is 1.11. The van der Waals surface area contributed by atoms with Crippen molar-refractivity contribution in [1.82, 2.24) is 4.98 Å². The maximum absolute atomic E-state index is 5.01. The Morgan fingerprint density at radius 2 is 2.27 bits per heavy atom. The Labute approximate surface area is 97.7 Å². The monoisotopic (exact) mass is 239 g/mol. The minimum absolute atomic E-state index is 0.831. The zero-order chi connectivity index (χ0) is 10.5. The number of thioether (sulfide) groups is 1. The number of hydrogen-bond acceptors (Lipinski definition) is 4. The lowest BCUT2D eigenvalue weighted by molar-refractivity contribution is 0.200. The molecular weight excluding hydrogens is 226 g/mol. The zero-order valence-corrected chi connectivity index (χ0v) is 10.2. The molecule has 0 unspecified atom stereocenters. The molecule has 0 bridgehead atoms. The van der Waals surface area contributed by atoms with Gasteiger partial charge in [-0.1, -0.05) is 23.9 Å². The minimum Gasteiger partial charge on any atom is -0.385 e. The highest BCUT2D eigenvalue weighted by molar-refractivity contribution is 8.01. The van der Waals surface area contributed by atoms with Crippen LogP contribution in [0.3, 0.4) is 0 Å². The molecule has 0 fully saturated rings. The molecule has 80 valence electrons. The van der Waals surface area contributed by atoms with Crippen molar-refractivity contribution in [1.29, 1.82) is 0 Å². The fourth-order valence-electron chi connectivity index (χ4n) is 1.28. The van der Waals surface area contributed by atoms with Crippen LogP contribution in [0.5, 0.6) is 0 Å². The Kier molecular flexibility index (Phi) is 4.00. The lowest BCUT2D eigenvalue weighted by Crippen LogP contribution is -1.89. The minimum atomic E-state index is 0.831. The molecule has 0 aliphatic rings. The molecule has 2 aromatic rings. The topological polar surface area (TPSA) is 22.1 Å². The number of benzene rings is 1. The van der Waals surface area contributed by atoms with Crippen LogP contribution >= 0.6 is 23.1 Å². The first-order valence-electron chi connectivity index (χ1n) is 4.87. The first-order chi connectivity index (χ1) is 7.40. The fourth-order valence-corrected chi connectivity index (χ4v) is 3.33. The van der Waals surface area contributed by atoms with Gasteiger partial charge in [0.15, 0.2) is 4.34 Å². The van der Waals surface area contributed by atoms with Crippen LogP contribution in [-0.2, 0) is 4.74 Å². The lowest BCUT2D eigenvalue weighted by atomic mass is 10.3. The van der Waals surface area contributed by atoms with Crippen molar-refractivity contribution in [2.75, 3.05) is 19.5 Å². The number of rotatable bonds is 5. The van der Waals surface area contributed by atoms with E-state index in [0.717, 1.165) is 28.6 Å². The third-order valence-corrected chi connectivity index (χ3v) is 4.26. The molecule has 15 heavy (non-hydrogen) atoms. The predicted molar refractivity (Wildman–Crippen MR) is 66.8 cm³/mol. The highest BCUT2D eigenvalue weighted by Crippen LogP contribution is 2.29. The summed E-state index contributed by atoms with van der Waals surface area (Å²) >= 11 is 3.58. The van der Waals surface area contributed by atoms with E-state index in [1.54, 1.807) is 18.4 Å². The molecule has 2 rings (SSSR count). The maximum Gasteiger partial charge on any atom is 0.151 e. The number of hydrogen-bond donors (Lipinski definition) is 0.